The Kier molecular flexibility index (Phi) is 9.82. The molecule has 1 atom stereocenters. The number of hydrogen-bond acceptors (Lipinski definition) is 10. The Morgan fingerprint density at radius 2 is 1.95 bits per heavy atom. The molecule has 1 aromatic carbocycles. The molecule has 0 radical (unpaired) electrons. The van der Waals surface area contributed by atoms with Gasteiger partial charge in [0.15, 0.2) is 11.6 Å². The highest BCUT2D eigenvalue weighted by Crippen LogP contribution is 2.31. The molecule has 2 aliphatic rings. The highest BCUT2D eigenvalue weighted by molar-refractivity contribution is 5.90. The van der Waals surface area contributed by atoms with Crippen LogP contribution in [0.3, 0.4) is 0 Å². The number of cyclic esters (lactones) is 1. The first-order valence-corrected chi connectivity index (χ1v) is 11.8. The number of anilines is 2. The minimum Gasteiger partial charge on any atom is -0.442 e. The van der Waals surface area contributed by atoms with Crippen molar-refractivity contribution >= 4 is 29.3 Å². The van der Waals surface area contributed by atoms with Crippen LogP contribution in [0.4, 0.5) is 25.0 Å². The highest BCUT2D eigenvalue weighted by Gasteiger charge is 2.34. The number of hydrogen-bond donors (Lipinski definition) is 6. The van der Waals surface area contributed by atoms with Crippen molar-refractivity contribution in [2.24, 2.45) is 5.73 Å². The first kappa shape index (κ1) is 27.9. The first-order valence-electron chi connectivity index (χ1n) is 11.8. The molecule has 0 aliphatic carbocycles. The van der Waals surface area contributed by atoms with Gasteiger partial charge in [0.2, 0.25) is 5.91 Å². The van der Waals surface area contributed by atoms with Crippen LogP contribution in [-0.4, -0.2) is 88.4 Å². The van der Waals surface area contributed by atoms with Crippen molar-refractivity contribution in [3.05, 3.63) is 35.7 Å². The number of ether oxygens (including phenoxy) is 1. The van der Waals surface area contributed by atoms with E-state index in [0.29, 0.717) is 12.2 Å². The molecule has 0 unspecified atom stereocenters. The van der Waals surface area contributed by atoms with Crippen molar-refractivity contribution in [3.63, 3.8) is 0 Å². The Hall–Kier alpha value is -3.69. The Bertz CT molecular complexity index is 1000. The van der Waals surface area contributed by atoms with Gasteiger partial charge in [-0.1, -0.05) is 0 Å². The zero-order valence-electron chi connectivity index (χ0n) is 20.8. The lowest BCUT2D eigenvalue weighted by molar-refractivity contribution is -0.133. The number of hydrazine groups is 2. The Morgan fingerprint density at radius 1 is 1.22 bits per heavy atom. The molecule has 0 saturated carbocycles. The first-order chi connectivity index (χ1) is 17.7. The third-order valence-electron chi connectivity index (χ3n) is 5.67. The molecule has 0 aromatic heterocycles. The van der Waals surface area contributed by atoms with E-state index < -0.39 is 23.8 Å². The largest absolute Gasteiger partial charge is 0.442 e. The van der Waals surface area contributed by atoms with Crippen LogP contribution in [0.25, 0.3) is 0 Å². The van der Waals surface area contributed by atoms with Crippen molar-refractivity contribution < 1.29 is 27.9 Å². The lowest BCUT2D eigenvalue weighted by Gasteiger charge is -2.25. The quantitative estimate of drug-likeness (QED) is 0.203. The van der Waals surface area contributed by atoms with Gasteiger partial charge < -0.3 is 31.4 Å². The Labute approximate surface area is 213 Å². The minimum absolute atomic E-state index is 0.0168. The molecule has 7 N–H and O–H groups in total. The SMILES string of the molecule is CNN/C=C(\N)CNCC(=O)N1CCN(c2c(F)cc(N3C[C@H](CNC(C)=O)OC3=O)cc2F)CCN1. The molecule has 204 valence electrons. The standard InChI is InChI=1S/C22H33F2N9O4/c1-14(34)28-11-17-13-32(22(36)37-17)16-7-18(23)21(19(24)8-16)31-4-3-30-33(6-5-31)20(35)12-27-9-15(25)10-29-26-2/h7-8,10,17,26-27,29-30H,3-6,9,11-13,25H2,1-2H3,(H,28,34)/b15-10-/t17-/m0/s1. The van der Waals surface area contributed by atoms with Crippen LogP contribution in [0.1, 0.15) is 6.92 Å². The zero-order chi connectivity index (χ0) is 26.9. The fourth-order valence-electron chi connectivity index (χ4n) is 3.90. The van der Waals surface area contributed by atoms with Gasteiger partial charge in [-0.25, -0.2) is 24.4 Å². The summed E-state index contributed by atoms with van der Waals surface area (Å²) in [5, 5.41) is 6.89. The van der Waals surface area contributed by atoms with Gasteiger partial charge in [0.1, 0.15) is 11.8 Å². The summed E-state index contributed by atoms with van der Waals surface area (Å²) in [6.07, 6.45) is 0.179. The molecule has 13 nitrogen and oxygen atoms in total. The molecule has 2 aliphatic heterocycles. The Morgan fingerprint density at radius 3 is 2.62 bits per heavy atom. The average molecular weight is 526 g/mol. The summed E-state index contributed by atoms with van der Waals surface area (Å²) >= 11 is 0. The van der Waals surface area contributed by atoms with E-state index in [9.17, 15) is 14.4 Å². The van der Waals surface area contributed by atoms with Crippen LogP contribution in [0.2, 0.25) is 0 Å². The summed E-state index contributed by atoms with van der Waals surface area (Å²) < 4.78 is 35.3. The van der Waals surface area contributed by atoms with Crippen LogP contribution in [0, 0.1) is 11.6 Å². The van der Waals surface area contributed by atoms with Crippen LogP contribution in [0.15, 0.2) is 24.0 Å². The Balaban J connectivity index is 1.59. The summed E-state index contributed by atoms with van der Waals surface area (Å²) in [6.45, 7) is 2.70. The van der Waals surface area contributed by atoms with Crippen LogP contribution >= 0.6 is 0 Å². The van der Waals surface area contributed by atoms with Crippen molar-refractivity contribution in [2.75, 3.05) is 69.2 Å². The molecular weight excluding hydrogens is 492 g/mol. The smallest absolute Gasteiger partial charge is 0.414 e. The van der Waals surface area contributed by atoms with Crippen molar-refractivity contribution in [1.29, 1.82) is 0 Å². The minimum atomic E-state index is -0.841. The summed E-state index contributed by atoms with van der Waals surface area (Å²) in [4.78, 5) is 38.5. The fourth-order valence-corrected chi connectivity index (χ4v) is 3.90. The van der Waals surface area contributed by atoms with Gasteiger partial charge in [-0.3, -0.25) is 19.5 Å². The summed E-state index contributed by atoms with van der Waals surface area (Å²) in [6, 6.07) is 2.15. The number of nitrogens with one attached hydrogen (secondary N) is 5. The molecule has 0 spiro atoms. The van der Waals surface area contributed by atoms with E-state index in [1.165, 1.54) is 16.8 Å². The molecule has 2 saturated heterocycles. The third kappa shape index (κ3) is 7.65. The lowest BCUT2D eigenvalue weighted by Crippen LogP contribution is -2.47. The van der Waals surface area contributed by atoms with Gasteiger partial charge in [0.25, 0.3) is 5.91 Å². The molecule has 1 aromatic rings. The van der Waals surface area contributed by atoms with Crippen LogP contribution in [-0.2, 0) is 14.3 Å². The van der Waals surface area contributed by atoms with E-state index in [4.69, 9.17) is 10.5 Å². The van der Waals surface area contributed by atoms with Crippen LogP contribution < -0.4 is 42.4 Å². The maximum atomic E-state index is 15.1. The molecular formula is C22H33F2N9O4. The number of carbonyl (C=O) groups is 3. The second-order valence-corrected chi connectivity index (χ2v) is 8.47. The number of carbonyl (C=O) groups excluding carboxylic acids is 3. The lowest BCUT2D eigenvalue weighted by atomic mass is 10.2. The molecule has 15 heteroatoms. The molecule has 2 fully saturated rings. The van der Waals surface area contributed by atoms with Crippen LogP contribution in [0.5, 0.6) is 0 Å². The number of nitrogens with two attached hydrogens (primary N) is 1. The molecule has 37 heavy (non-hydrogen) atoms. The monoisotopic (exact) mass is 525 g/mol. The number of amides is 3. The van der Waals surface area contributed by atoms with Gasteiger partial charge in [-0.15, -0.1) is 0 Å². The van der Waals surface area contributed by atoms with E-state index in [0.717, 1.165) is 17.0 Å². The number of rotatable bonds is 10. The van der Waals surface area contributed by atoms with E-state index in [1.807, 2.05) is 0 Å². The second kappa shape index (κ2) is 13.0. The van der Waals surface area contributed by atoms with Gasteiger partial charge in [-0.05, 0) is 0 Å². The predicted molar refractivity (Wildman–Crippen MR) is 132 cm³/mol. The average Bonchev–Trinajstić information content (AvgIpc) is 3.05. The van der Waals surface area contributed by atoms with Crippen molar-refractivity contribution in [1.82, 2.24) is 31.9 Å². The van der Waals surface area contributed by atoms with Gasteiger partial charge in [-0.2, -0.15) is 0 Å². The fraction of sp³-hybridized carbons (Fsp3) is 0.500. The zero-order valence-corrected chi connectivity index (χ0v) is 20.8. The highest BCUT2D eigenvalue weighted by atomic mass is 19.1. The van der Waals surface area contributed by atoms with Crippen molar-refractivity contribution in [3.8, 4) is 0 Å². The second-order valence-electron chi connectivity index (χ2n) is 8.47. The molecule has 3 rings (SSSR count). The number of benzene rings is 1. The summed E-state index contributed by atoms with van der Waals surface area (Å²) in [5.74, 6) is -2.20. The molecule has 3 amide bonds. The topological polar surface area (TPSA) is 156 Å². The normalized spacial score (nSPS) is 18.5. The van der Waals surface area contributed by atoms with Crippen molar-refractivity contribution in [2.45, 2.75) is 13.0 Å². The maximum Gasteiger partial charge on any atom is 0.414 e. The van der Waals surface area contributed by atoms with E-state index in [1.54, 1.807) is 13.2 Å². The number of nitrogens with zero attached hydrogens (tertiary/aromatic N) is 3. The maximum absolute atomic E-state index is 15.1. The third-order valence-corrected chi connectivity index (χ3v) is 5.67. The predicted octanol–water partition coefficient (Wildman–Crippen LogP) is -1.31. The van der Waals surface area contributed by atoms with E-state index in [-0.39, 0.29) is 69.0 Å². The molecule has 0 bridgehead atoms. The van der Waals surface area contributed by atoms with Gasteiger partial charge in [0.05, 0.1) is 31.9 Å². The van der Waals surface area contributed by atoms with Gasteiger partial charge >= 0.3 is 6.09 Å². The summed E-state index contributed by atoms with van der Waals surface area (Å²) in [5.41, 5.74) is 14.5. The molecule has 2 heterocycles. The van der Waals surface area contributed by atoms with Gasteiger partial charge in [0, 0.05) is 64.2 Å². The summed E-state index contributed by atoms with van der Waals surface area (Å²) in [7, 11) is 1.69. The van der Waals surface area contributed by atoms with E-state index >= 15 is 8.78 Å². The number of halogens is 2. The van der Waals surface area contributed by atoms with E-state index in [2.05, 4.69) is 26.9 Å².